The molecule has 0 aromatic carbocycles. The molecule has 6 unspecified atom stereocenters. The first-order valence-corrected chi connectivity index (χ1v) is 8.73. The van der Waals surface area contributed by atoms with E-state index in [9.17, 15) is 29.7 Å². The van der Waals surface area contributed by atoms with Crippen LogP contribution in [0.15, 0.2) is 29.2 Å². The molecule has 0 bridgehead atoms. The quantitative estimate of drug-likeness (QED) is 0.371. The molecule has 11 heteroatoms. The third kappa shape index (κ3) is 3.83. The lowest BCUT2D eigenvalue weighted by Gasteiger charge is -2.24. The molecule has 1 aliphatic carbocycles. The van der Waals surface area contributed by atoms with E-state index in [0.29, 0.717) is 0 Å². The molecular formula is C17H21N3O8. The van der Waals surface area contributed by atoms with Gasteiger partial charge >= 0.3 is 11.7 Å². The number of carboxylic acid groups (broad SMARTS) is 1. The molecule has 5 N–H and O–H groups in total. The number of anilines is 1. The molecule has 152 valence electrons. The number of aliphatic carboxylic acids is 1. The summed E-state index contributed by atoms with van der Waals surface area (Å²) in [4.78, 5) is 39.7. The topological polar surface area (TPSA) is 171 Å². The van der Waals surface area contributed by atoms with E-state index in [1.54, 1.807) is 12.2 Å². The number of nitrogens with one attached hydrogen (secondary N) is 1. The highest BCUT2D eigenvalue weighted by molar-refractivity contribution is 5.94. The van der Waals surface area contributed by atoms with Gasteiger partial charge in [-0.3, -0.25) is 14.2 Å². The van der Waals surface area contributed by atoms with Crippen molar-refractivity contribution in [3.05, 3.63) is 34.9 Å². The van der Waals surface area contributed by atoms with Gasteiger partial charge in [0.05, 0.1) is 18.4 Å². The van der Waals surface area contributed by atoms with Crippen molar-refractivity contribution in [1.29, 1.82) is 0 Å². The largest absolute Gasteiger partial charge is 0.481 e. The smallest absolute Gasteiger partial charge is 0.351 e. The second-order valence-corrected chi connectivity index (χ2v) is 6.71. The minimum atomic E-state index is -1.44. The molecule has 6 atom stereocenters. The molecule has 3 rings (SSSR count). The van der Waals surface area contributed by atoms with Crippen LogP contribution in [-0.4, -0.2) is 66.8 Å². The summed E-state index contributed by atoms with van der Waals surface area (Å²) >= 11 is 0. The number of rotatable bonds is 5. The summed E-state index contributed by atoms with van der Waals surface area (Å²) in [6.07, 6.45) is 0.0859. The Morgan fingerprint density at radius 3 is 2.46 bits per heavy atom. The Hall–Kier alpha value is -2.60. The van der Waals surface area contributed by atoms with Crippen LogP contribution in [0.25, 0.3) is 0 Å². The summed E-state index contributed by atoms with van der Waals surface area (Å²) < 4.78 is 6.20. The van der Waals surface area contributed by atoms with E-state index in [-0.39, 0.29) is 18.7 Å². The van der Waals surface area contributed by atoms with Crippen molar-refractivity contribution in [2.75, 3.05) is 11.9 Å². The second kappa shape index (κ2) is 8.19. The molecule has 0 saturated carbocycles. The zero-order chi connectivity index (χ0) is 20.4. The fraction of sp³-hybridized carbons (Fsp3) is 0.529. The molecule has 1 aromatic rings. The molecule has 11 nitrogen and oxygen atoms in total. The maximum atomic E-state index is 12.4. The number of aromatic nitrogens is 2. The van der Waals surface area contributed by atoms with Crippen LogP contribution in [-0.2, 0) is 14.3 Å². The van der Waals surface area contributed by atoms with Crippen molar-refractivity contribution in [3.63, 3.8) is 0 Å². The highest BCUT2D eigenvalue weighted by Gasteiger charge is 2.43. The average molecular weight is 395 g/mol. The van der Waals surface area contributed by atoms with Crippen LogP contribution in [0.5, 0.6) is 0 Å². The Balaban J connectivity index is 1.74. The van der Waals surface area contributed by atoms with Crippen LogP contribution in [0.4, 0.5) is 5.82 Å². The van der Waals surface area contributed by atoms with Gasteiger partial charge in [-0.1, -0.05) is 12.2 Å². The predicted molar refractivity (Wildman–Crippen MR) is 93.1 cm³/mol. The lowest BCUT2D eigenvalue weighted by atomic mass is 9.82. The van der Waals surface area contributed by atoms with Crippen LogP contribution in [0, 0.1) is 11.8 Å². The summed E-state index contributed by atoms with van der Waals surface area (Å²) in [5.41, 5.74) is -0.856. The second-order valence-electron chi connectivity index (χ2n) is 6.71. The lowest BCUT2D eigenvalue weighted by Crippen LogP contribution is -2.37. The molecule has 28 heavy (non-hydrogen) atoms. The van der Waals surface area contributed by atoms with Crippen molar-refractivity contribution in [1.82, 2.24) is 9.55 Å². The number of aliphatic hydroxyl groups is 3. The lowest BCUT2D eigenvalue weighted by molar-refractivity contribution is -0.146. The Morgan fingerprint density at radius 2 is 1.89 bits per heavy atom. The molecule has 2 aliphatic rings. The van der Waals surface area contributed by atoms with E-state index >= 15 is 0 Å². The van der Waals surface area contributed by atoms with Gasteiger partial charge in [-0.05, 0) is 18.9 Å². The van der Waals surface area contributed by atoms with E-state index in [1.807, 2.05) is 0 Å². The summed E-state index contributed by atoms with van der Waals surface area (Å²) in [6, 6.07) is 1.29. The molecular weight excluding hydrogens is 374 g/mol. The van der Waals surface area contributed by atoms with Crippen LogP contribution in [0.3, 0.4) is 0 Å². The molecule has 1 fully saturated rings. The van der Waals surface area contributed by atoms with Crippen LogP contribution in [0.1, 0.15) is 19.1 Å². The first kappa shape index (κ1) is 20.1. The van der Waals surface area contributed by atoms with Crippen molar-refractivity contribution in [2.24, 2.45) is 11.8 Å². The number of nitrogens with zero attached hydrogens (tertiary/aromatic N) is 2. The first-order chi connectivity index (χ1) is 13.3. The number of carboxylic acids is 1. The Kier molecular flexibility index (Phi) is 5.89. The number of amides is 1. The number of allylic oxidation sites excluding steroid dienone is 2. The molecule has 1 saturated heterocycles. The number of aliphatic hydroxyl groups excluding tert-OH is 3. The van der Waals surface area contributed by atoms with Gasteiger partial charge < -0.3 is 30.5 Å². The monoisotopic (exact) mass is 395 g/mol. The number of carbonyl (C=O) groups excluding carboxylic acids is 1. The van der Waals surface area contributed by atoms with E-state index in [0.717, 1.165) is 4.57 Å². The number of carbonyl (C=O) groups is 2. The van der Waals surface area contributed by atoms with Gasteiger partial charge in [-0.15, -0.1) is 0 Å². The fourth-order valence-corrected chi connectivity index (χ4v) is 3.38. The molecule has 1 aliphatic heterocycles. The van der Waals surface area contributed by atoms with Crippen LogP contribution in [0.2, 0.25) is 0 Å². The van der Waals surface area contributed by atoms with Gasteiger partial charge in [-0.25, -0.2) is 4.79 Å². The average Bonchev–Trinajstić information content (AvgIpc) is 2.96. The minimum absolute atomic E-state index is 0.0725. The Bertz CT molecular complexity index is 838. The molecule has 0 spiro atoms. The number of hydrogen-bond donors (Lipinski definition) is 5. The maximum absolute atomic E-state index is 12.4. The summed E-state index contributed by atoms with van der Waals surface area (Å²) in [7, 11) is 0. The van der Waals surface area contributed by atoms with Gasteiger partial charge in [0.2, 0.25) is 5.91 Å². The standard InChI is InChI=1S/C17H21N3O8/c21-7-10-12(22)13(23)15(28-10)20-6-5-11(19-17(20)27)18-14(24)8-3-1-2-4-9(8)16(25)26/h1-2,5-6,8-10,12-13,15,21-23H,3-4,7H2,(H,25,26)(H,18,19,24,27). The first-order valence-electron chi connectivity index (χ1n) is 8.73. The van der Waals surface area contributed by atoms with Crippen molar-refractivity contribution < 1.29 is 34.8 Å². The zero-order valence-electron chi connectivity index (χ0n) is 14.7. The summed E-state index contributed by atoms with van der Waals surface area (Å²) in [5.74, 6) is -3.35. The Labute approximate surface area is 158 Å². The normalized spacial score (nSPS) is 32.2. The van der Waals surface area contributed by atoms with Crippen LogP contribution < -0.4 is 11.0 Å². The molecule has 1 amide bonds. The highest BCUT2D eigenvalue weighted by atomic mass is 16.6. The summed E-state index contributed by atoms with van der Waals surface area (Å²) in [5, 5.41) is 40.6. The predicted octanol–water partition coefficient (Wildman–Crippen LogP) is -1.54. The van der Waals surface area contributed by atoms with E-state index < -0.39 is 60.5 Å². The SMILES string of the molecule is O=C(O)C1CC=CCC1C(=O)Nc1ccn(C2OC(CO)C(O)C2O)c(=O)n1. The minimum Gasteiger partial charge on any atom is -0.481 e. The van der Waals surface area contributed by atoms with Gasteiger partial charge in [0.15, 0.2) is 6.23 Å². The molecule has 2 heterocycles. The van der Waals surface area contributed by atoms with Gasteiger partial charge in [0.1, 0.15) is 24.1 Å². The van der Waals surface area contributed by atoms with Crippen molar-refractivity contribution in [3.8, 4) is 0 Å². The third-order valence-corrected chi connectivity index (χ3v) is 4.96. The molecule has 1 aromatic heterocycles. The third-order valence-electron chi connectivity index (χ3n) is 4.96. The zero-order valence-corrected chi connectivity index (χ0v) is 14.7. The maximum Gasteiger partial charge on any atom is 0.351 e. The number of ether oxygens (including phenoxy) is 1. The fourth-order valence-electron chi connectivity index (χ4n) is 3.38. The van der Waals surface area contributed by atoms with E-state index in [1.165, 1.54) is 12.3 Å². The van der Waals surface area contributed by atoms with E-state index in [2.05, 4.69) is 10.3 Å². The summed E-state index contributed by atoms with van der Waals surface area (Å²) in [6.45, 7) is -0.536. The highest BCUT2D eigenvalue weighted by Crippen LogP contribution is 2.29. The number of hydrogen-bond acceptors (Lipinski definition) is 8. The van der Waals surface area contributed by atoms with Crippen molar-refractivity contribution in [2.45, 2.75) is 37.4 Å². The van der Waals surface area contributed by atoms with Gasteiger partial charge in [-0.2, -0.15) is 4.98 Å². The molecule has 0 radical (unpaired) electrons. The van der Waals surface area contributed by atoms with Crippen molar-refractivity contribution >= 4 is 17.7 Å². The van der Waals surface area contributed by atoms with E-state index in [4.69, 9.17) is 9.84 Å². The van der Waals surface area contributed by atoms with Gasteiger partial charge in [0, 0.05) is 6.20 Å². The van der Waals surface area contributed by atoms with Crippen LogP contribution >= 0.6 is 0 Å². The van der Waals surface area contributed by atoms with Gasteiger partial charge in [0.25, 0.3) is 0 Å². The Morgan fingerprint density at radius 1 is 1.21 bits per heavy atom.